The number of aliphatic imine (C=N–C) groups is 1. The second kappa shape index (κ2) is 10.1. The number of nitrogens with zero attached hydrogens (tertiary/aromatic N) is 1. The molecule has 0 bridgehead atoms. The average molecular weight is 452 g/mol. The largest absolute Gasteiger partial charge is 0.325 e. The number of halogens is 1. The quantitative estimate of drug-likeness (QED) is 0.640. The molecule has 1 amide bonds. The minimum atomic E-state index is -3.75. The lowest BCUT2D eigenvalue weighted by molar-refractivity contribution is -0.113. The third-order valence-corrected chi connectivity index (χ3v) is 7.14. The highest BCUT2D eigenvalue weighted by Crippen LogP contribution is 2.26. The molecule has 1 aliphatic rings. The van der Waals surface area contributed by atoms with Crippen LogP contribution in [0.1, 0.15) is 25.7 Å². The molecule has 0 saturated heterocycles. The Balaban J connectivity index is 1.63. The first-order valence-corrected chi connectivity index (χ1v) is 12.1. The molecular formula is C20H22ClN3O3S2. The number of sulfonamides is 1. The van der Waals surface area contributed by atoms with Crippen molar-refractivity contribution in [3.63, 3.8) is 0 Å². The van der Waals surface area contributed by atoms with E-state index in [0.29, 0.717) is 29.5 Å². The van der Waals surface area contributed by atoms with Crippen molar-refractivity contribution in [2.45, 2.75) is 35.5 Å². The number of amides is 1. The van der Waals surface area contributed by atoms with Crippen molar-refractivity contribution in [2.24, 2.45) is 4.99 Å². The van der Waals surface area contributed by atoms with E-state index < -0.39 is 10.0 Å². The first-order chi connectivity index (χ1) is 13.9. The fourth-order valence-electron chi connectivity index (χ4n) is 2.81. The van der Waals surface area contributed by atoms with E-state index in [2.05, 4.69) is 15.0 Å². The van der Waals surface area contributed by atoms with E-state index in [1.165, 1.54) is 23.9 Å². The zero-order valence-electron chi connectivity index (χ0n) is 15.7. The summed E-state index contributed by atoms with van der Waals surface area (Å²) in [6.45, 7) is 0.636. The highest BCUT2D eigenvalue weighted by atomic mass is 35.5. The predicted molar refractivity (Wildman–Crippen MR) is 118 cm³/mol. The summed E-state index contributed by atoms with van der Waals surface area (Å²) in [6, 6.07) is 13.5. The standard InChI is InChI=1S/C20H22ClN3O3S2/c21-17-9-3-4-10-18(17)28-14-20(25)23-15-7-6-8-16(13-15)29(26,27)24-19-11-2-1-5-12-22-19/h3-4,6-10,13H,1-2,5,11-12,14H2,(H,22,24)(H,23,25). The average Bonchev–Trinajstić information content (AvgIpc) is 2.96. The number of thioether (sulfide) groups is 1. The lowest BCUT2D eigenvalue weighted by atomic mass is 10.2. The van der Waals surface area contributed by atoms with Gasteiger partial charge in [-0.05, 0) is 43.2 Å². The topological polar surface area (TPSA) is 87.6 Å². The van der Waals surface area contributed by atoms with Gasteiger partial charge in [-0.1, -0.05) is 36.2 Å². The molecule has 29 heavy (non-hydrogen) atoms. The maximum absolute atomic E-state index is 12.7. The zero-order chi connectivity index (χ0) is 20.7. The van der Waals surface area contributed by atoms with Crippen molar-refractivity contribution < 1.29 is 13.2 Å². The lowest BCUT2D eigenvalue weighted by Crippen LogP contribution is -2.30. The molecule has 2 N–H and O–H groups in total. The highest BCUT2D eigenvalue weighted by molar-refractivity contribution is 8.00. The summed E-state index contributed by atoms with van der Waals surface area (Å²) in [5.74, 6) is 0.411. The van der Waals surface area contributed by atoms with E-state index >= 15 is 0 Å². The van der Waals surface area contributed by atoms with E-state index in [9.17, 15) is 13.2 Å². The van der Waals surface area contributed by atoms with Gasteiger partial charge in [0.15, 0.2) is 0 Å². The number of carbonyl (C=O) groups is 1. The second-order valence-electron chi connectivity index (χ2n) is 6.54. The Morgan fingerprint density at radius 1 is 1.10 bits per heavy atom. The molecule has 0 atom stereocenters. The van der Waals surface area contributed by atoms with Gasteiger partial charge in [0.05, 0.1) is 15.7 Å². The molecule has 6 nitrogen and oxygen atoms in total. The van der Waals surface area contributed by atoms with Gasteiger partial charge < -0.3 is 5.32 Å². The summed E-state index contributed by atoms with van der Waals surface area (Å²) >= 11 is 7.41. The van der Waals surface area contributed by atoms with Crippen LogP contribution in [0.25, 0.3) is 0 Å². The first kappa shape index (κ1) is 21.7. The molecular weight excluding hydrogens is 430 g/mol. The summed E-state index contributed by atoms with van der Waals surface area (Å²) < 4.78 is 27.9. The van der Waals surface area contributed by atoms with Crippen LogP contribution in [-0.4, -0.2) is 32.5 Å². The van der Waals surface area contributed by atoms with Gasteiger partial charge in [-0.25, -0.2) is 8.42 Å². The fourth-order valence-corrected chi connectivity index (χ4v) is 4.99. The molecule has 0 saturated carbocycles. The van der Waals surface area contributed by atoms with Gasteiger partial charge >= 0.3 is 0 Å². The minimum absolute atomic E-state index is 0.0843. The maximum atomic E-state index is 12.7. The Kier molecular flexibility index (Phi) is 7.57. The summed E-state index contributed by atoms with van der Waals surface area (Å²) in [4.78, 5) is 17.5. The van der Waals surface area contributed by atoms with Crippen molar-refractivity contribution >= 4 is 50.8 Å². The van der Waals surface area contributed by atoms with Gasteiger partial charge in [0, 0.05) is 23.5 Å². The molecule has 2 aromatic rings. The summed E-state index contributed by atoms with van der Waals surface area (Å²) in [5, 5.41) is 3.32. The van der Waals surface area contributed by atoms with Crippen LogP contribution in [0, 0.1) is 0 Å². The number of nitrogens with one attached hydrogen (secondary N) is 2. The van der Waals surface area contributed by atoms with Crippen molar-refractivity contribution in [1.29, 1.82) is 0 Å². The van der Waals surface area contributed by atoms with Gasteiger partial charge in [-0.3, -0.25) is 14.5 Å². The summed E-state index contributed by atoms with van der Waals surface area (Å²) in [7, 11) is -3.75. The Morgan fingerprint density at radius 3 is 2.76 bits per heavy atom. The highest BCUT2D eigenvalue weighted by Gasteiger charge is 2.18. The number of anilines is 1. The van der Waals surface area contributed by atoms with E-state index in [1.807, 2.05) is 18.2 Å². The molecule has 1 aliphatic heterocycles. The van der Waals surface area contributed by atoms with E-state index in [0.717, 1.165) is 24.2 Å². The SMILES string of the molecule is O=C(CSc1ccccc1Cl)Nc1cccc(S(=O)(=O)NC2=NCCCCC2)c1. The van der Waals surface area contributed by atoms with Gasteiger partial charge in [-0.2, -0.15) is 0 Å². The Hall–Kier alpha value is -2.03. The molecule has 9 heteroatoms. The third kappa shape index (κ3) is 6.48. The zero-order valence-corrected chi connectivity index (χ0v) is 18.1. The Bertz CT molecular complexity index is 1010. The number of hydrogen-bond acceptors (Lipinski definition) is 5. The molecule has 3 rings (SSSR count). The first-order valence-electron chi connectivity index (χ1n) is 9.27. The van der Waals surface area contributed by atoms with Crippen LogP contribution >= 0.6 is 23.4 Å². The van der Waals surface area contributed by atoms with Crippen LogP contribution in [0.3, 0.4) is 0 Å². The normalized spacial score (nSPS) is 14.6. The second-order valence-corrected chi connectivity index (χ2v) is 9.65. The number of rotatable bonds is 6. The predicted octanol–water partition coefficient (Wildman–Crippen LogP) is 4.32. The molecule has 0 unspecified atom stereocenters. The molecule has 0 radical (unpaired) electrons. The van der Waals surface area contributed by atoms with Crippen LogP contribution in [0.5, 0.6) is 0 Å². The molecule has 0 aliphatic carbocycles. The number of amidine groups is 1. The van der Waals surface area contributed by atoms with E-state index in [-0.39, 0.29) is 16.6 Å². The summed E-state index contributed by atoms with van der Waals surface area (Å²) in [6.07, 6.45) is 3.55. The van der Waals surface area contributed by atoms with Crippen LogP contribution in [0.15, 0.2) is 63.3 Å². The van der Waals surface area contributed by atoms with Crippen molar-refractivity contribution in [3.05, 3.63) is 53.6 Å². The van der Waals surface area contributed by atoms with Crippen molar-refractivity contribution in [3.8, 4) is 0 Å². The van der Waals surface area contributed by atoms with Gasteiger partial charge in [0.25, 0.3) is 10.0 Å². The molecule has 0 fully saturated rings. The van der Waals surface area contributed by atoms with Crippen LogP contribution < -0.4 is 10.0 Å². The third-order valence-electron chi connectivity index (χ3n) is 4.25. The van der Waals surface area contributed by atoms with Crippen molar-refractivity contribution in [2.75, 3.05) is 17.6 Å². The molecule has 2 aromatic carbocycles. The van der Waals surface area contributed by atoms with E-state index in [4.69, 9.17) is 11.6 Å². The van der Waals surface area contributed by atoms with Gasteiger partial charge in [-0.15, -0.1) is 11.8 Å². The lowest BCUT2D eigenvalue weighted by Gasteiger charge is -2.11. The number of hydrogen-bond donors (Lipinski definition) is 2. The smallest absolute Gasteiger partial charge is 0.262 e. The van der Waals surface area contributed by atoms with Crippen LogP contribution in [0.4, 0.5) is 5.69 Å². The molecule has 0 aromatic heterocycles. The molecule has 1 heterocycles. The fraction of sp³-hybridized carbons (Fsp3) is 0.300. The minimum Gasteiger partial charge on any atom is -0.325 e. The Labute approximate surface area is 180 Å². The Morgan fingerprint density at radius 2 is 1.93 bits per heavy atom. The monoisotopic (exact) mass is 451 g/mol. The summed E-state index contributed by atoms with van der Waals surface area (Å²) in [5.41, 5.74) is 0.417. The maximum Gasteiger partial charge on any atom is 0.262 e. The van der Waals surface area contributed by atoms with Gasteiger partial charge in [0.2, 0.25) is 5.91 Å². The van der Waals surface area contributed by atoms with Crippen molar-refractivity contribution in [1.82, 2.24) is 4.72 Å². The number of benzene rings is 2. The van der Waals surface area contributed by atoms with Crippen LogP contribution in [0.2, 0.25) is 5.02 Å². The number of carbonyl (C=O) groups excluding carboxylic acids is 1. The van der Waals surface area contributed by atoms with E-state index in [1.54, 1.807) is 18.2 Å². The van der Waals surface area contributed by atoms with Crippen LogP contribution in [-0.2, 0) is 14.8 Å². The van der Waals surface area contributed by atoms with Gasteiger partial charge in [0.1, 0.15) is 5.84 Å². The molecule has 154 valence electrons. The molecule has 0 spiro atoms.